The summed E-state index contributed by atoms with van der Waals surface area (Å²) in [6, 6.07) is 4.62. The molecule has 1 aliphatic rings. The lowest BCUT2D eigenvalue weighted by atomic mass is 10.1. The number of anilines is 1. The maximum atomic E-state index is 12.8. The Bertz CT molecular complexity index is 1180. The predicted octanol–water partition coefficient (Wildman–Crippen LogP) is 2.17. The molecule has 2 aromatic rings. The van der Waals surface area contributed by atoms with Gasteiger partial charge in [0.25, 0.3) is 0 Å². The summed E-state index contributed by atoms with van der Waals surface area (Å²) in [5.74, 6) is -1.74. The molecular formula is C21H24N2O7S. The number of hydrogen-bond acceptors (Lipinski definition) is 7. The number of sulfonamides is 1. The Morgan fingerprint density at radius 1 is 1.16 bits per heavy atom. The van der Waals surface area contributed by atoms with Gasteiger partial charge in [-0.1, -0.05) is 0 Å². The number of fused-ring (bicyclic) bond motifs is 1. The van der Waals surface area contributed by atoms with Gasteiger partial charge in [-0.2, -0.15) is 0 Å². The highest BCUT2D eigenvalue weighted by Gasteiger charge is 2.29. The van der Waals surface area contributed by atoms with Crippen molar-refractivity contribution in [2.24, 2.45) is 0 Å². The molecule has 1 N–H and O–H groups in total. The van der Waals surface area contributed by atoms with E-state index >= 15 is 0 Å². The van der Waals surface area contributed by atoms with Crippen molar-refractivity contribution in [1.82, 2.24) is 4.98 Å². The van der Waals surface area contributed by atoms with Crippen LogP contribution in [0.4, 0.5) is 5.69 Å². The first-order valence-corrected chi connectivity index (χ1v) is 11.4. The summed E-state index contributed by atoms with van der Waals surface area (Å²) >= 11 is 0. The molecule has 0 unspecified atom stereocenters. The number of Topliss-reactive ketones (excluding diaryl/α,β-unsaturated/α-hetero) is 1. The van der Waals surface area contributed by atoms with E-state index in [1.807, 2.05) is 0 Å². The molecule has 166 valence electrons. The van der Waals surface area contributed by atoms with Crippen LogP contribution in [-0.2, 0) is 25.9 Å². The summed E-state index contributed by atoms with van der Waals surface area (Å²) in [7, 11) is -2.13. The first kappa shape index (κ1) is 22.5. The van der Waals surface area contributed by atoms with Crippen LogP contribution >= 0.6 is 0 Å². The van der Waals surface area contributed by atoms with Crippen molar-refractivity contribution in [2.75, 3.05) is 24.2 Å². The standard InChI is InChI=1S/C21H24N2O7S/c1-11-17(21(26)29-4)12(2)22-18(11)19(24)13(3)30-20(25)15-6-7-16-14(10-15)8-9-23(16)31(5,27)28/h6-7,10,13,22H,8-9H2,1-5H3/t13-/m1/s1. The molecule has 0 aliphatic carbocycles. The summed E-state index contributed by atoms with van der Waals surface area (Å²) in [5, 5.41) is 0. The van der Waals surface area contributed by atoms with E-state index in [0.29, 0.717) is 29.9 Å². The van der Waals surface area contributed by atoms with Crippen molar-refractivity contribution >= 4 is 33.4 Å². The zero-order valence-corrected chi connectivity index (χ0v) is 18.8. The van der Waals surface area contributed by atoms with Crippen LogP contribution in [0.1, 0.15) is 54.9 Å². The van der Waals surface area contributed by atoms with Gasteiger partial charge >= 0.3 is 11.9 Å². The van der Waals surface area contributed by atoms with Crippen LogP contribution < -0.4 is 4.31 Å². The van der Waals surface area contributed by atoms with Crippen molar-refractivity contribution in [3.63, 3.8) is 0 Å². The fourth-order valence-corrected chi connectivity index (χ4v) is 4.69. The Morgan fingerprint density at radius 3 is 2.45 bits per heavy atom. The van der Waals surface area contributed by atoms with Gasteiger partial charge in [0.1, 0.15) is 0 Å². The van der Waals surface area contributed by atoms with Gasteiger partial charge in [0.15, 0.2) is 6.10 Å². The average Bonchev–Trinajstić information content (AvgIpc) is 3.26. The van der Waals surface area contributed by atoms with Crippen molar-refractivity contribution in [3.8, 4) is 0 Å². The highest BCUT2D eigenvalue weighted by Crippen LogP contribution is 2.31. The summed E-state index contributed by atoms with van der Waals surface area (Å²) in [5.41, 5.74) is 2.85. The number of esters is 2. The van der Waals surface area contributed by atoms with Crippen molar-refractivity contribution in [3.05, 3.63) is 51.8 Å². The molecule has 0 saturated carbocycles. The van der Waals surface area contributed by atoms with Crippen LogP contribution in [0.2, 0.25) is 0 Å². The second-order valence-electron chi connectivity index (χ2n) is 7.46. The van der Waals surface area contributed by atoms with Gasteiger partial charge in [0, 0.05) is 12.2 Å². The fourth-order valence-electron chi connectivity index (χ4n) is 3.73. The van der Waals surface area contributed by atoms with E-state index in [1.165, 1.54) is 24.4 Å². The number of aromatic nitrogens is 1. The number of methoxy groups -OCH3 is 1. The number of carbonyl (C=O) groups excluding carboxylic acids is 3. The van der Waals surface area contributed by atoms with Crippen LogP contribution in [0.25, 0.3) is 0 Å². The topological polar surface area (TPSA) is 123 Å². The SMILES string of the molecule is COC(=O)c1c(C)[nH]c(C(=O)[C@@H](C)OC(=O)c2ccc3c(c2)CCN3S(C)(=O)=O)c1C. The number of hydrogen-bond donors (Lipinski definition) is 1. The van der Waals surface area contributed by atoms with Crippen LogP contribution in [-0.4, -0.2) is 57.1 Å². The molecule has 1 aromatic heterocycles. The van der Waals surface area contributed by atoms with Gasteiger partial charge < -0.3 is 14.5 Å². The normalized spacial score (nSPS) is 14.2. The number of rotatable bonds is 6. The van der Waals surface area contributed by atoms with Crippen molar-refractivity contribution < 1.29 is 32.3 Å². The maximum Gasteiger partial charge on any atom is 0.339 e. The molecule has 0 bridgehead atoms. The van der Waals surface area contributed by atoms with Crippen LogP contribution in [0.5, 0.6) is 0 Å². The second kappa shape index (κ2) is 8.18. The Labute approximate surface area is 180 Å². The molecule has 0 radical (unpaired) electrons. The van der Waals surface area contributed by atoms with Gasteiger partial charge in [0.2, 0.25) is 15.8 Å². The van der Waals surface area contributed by atoms with Gasteiger partial charge in [-0.05, 0) is 56.5 Å². The maximum absolute atomic E-state index is 12.8. The third-order valence-electron chi connectivity index (χ3n) is 5.29. The zero-order valence-electron chi connectivity index (χ0n) is 17.9. The number of H-pyrrole nitrogens is 1. The number of nitrogens with zero attached hydrogens (tertiary/aromatic N) is 1. The average molecular weight is 448 g/mol. The number of nitrogens with one attached hydrogen (secondary N) is 1. The largest absolute Gasteiger partial charge is 0.465 e. The minimum absolute atomic E-state index is 0.177. The van der Waals surface area contributed by atoms with E-state index in [0.717, 1.165) is 11.8 Å². The number of aromatic amines is 1. The Morgan fingerprint density at radius 2 is 1.84 bits per heavy atom. The van der Waals surface area contributed by atoms with Gasteiger partial charge in [-0.15, -0.1) is 0 Å². The molecule has 10 heteroatoms. The number of aryl methyl sites for hydroxylation is 1. The molecule has 1 atom stereocenters. The number of ketones is 1. The summed E-state index contributed by atoms with van der Waals surface area (Å²) in [6.07, 6.45) is 0.512. The van der Waals surface area contributed by atoms with E-state index in [4.69, 9.17) is 9.47 Å². The van der Waals surface area contributed by atoms with Gasteiger partial charge in [0.05, 0.1) is 35.9 Å². The van der Waals surface area contributed by atoms with E-state index in [1.54, 1.807) is 26.0 Å². The molecule has 31 heavy (non-hydrogen) atoms. The van der Waals surface area contributed by atoms with E-state index in [2.05, 4.69) is 4.98 Å². The molecule has 0 saturated heterocycles. The van der Waals surface area contributed by atoms with Crippen LogP contribution in [0, 0.1) is 13.8 Å². The van der Waals surface area contributed by atoms with Crippen LogP contribution in [0.15, 0.2) is 18.2 Å². The highest BCUT2D eigenvalue weighted by atomic mass is 32.2. The number of carbonyl (C=O) groups is 3. The van der Waals surface area contributed by atoms with Gasteiger partial charge in [-0.25, -0.2) is 18.0 Å². The zero-order chi connectivity index (χ0) is 23.1. The quantitative estimate of drug-likeness (QED) is 0.531. The first-order chi connectivity index (χ1) is 14.5. The predicted molar refractivity (Wildman–Crippen MR) is 113 cm³/mol. The molecule has 0 fully saturated rings. The minimum Gasteiger partial charge on any atom is -0.465 e. The third kappa shape index (κ3) is 4.20. The molecule has 2 heterocycles. The van der Waals surface area contributed by atoms with E-state index < -0.39 is 33.8 Å². The summed E-state index contributed by atoms with van der Waals surface area (Å²) in [4.78, 5) is 40.2. The lowest BCUT2D eigenvalue weighted by Crippen LogP contribution is -2.27. The summed E-state index contributed by atoms with van der Waals surface area (Å²) in [6.45, 7) is 5.03. The molecule has 0 amide bonds. The molecule has 1 aliphatic heterocycles. The number of ether oxygens (including phenoxy) is 2. The lowest BCUT2D eigenvalue weighted by Gasteiger charge is -2.17. The van der Waals surface area contributed by atoms with Crippen molar-refractivity contribution in [2.45, 2.75) is 33.3 Å². The van der Waals surface area contributed by atoms with Gasteiger partial charge in [-0.3, -0.25) is 9.10 Å². The van der Waals surface area contributed by atoms with E-state index in [-0.39, 0.29) is 16.8 Å². The minimum atomic E-state index is -3.39. The molecule has 9 nitrogen and oxygen atoms in total. The molecule has 0 spiro atoms. The van der Waals surface area contributed by atoms with Crippen molar-refractivity contribution in [1.29, 1.82) is 0 Å². The number of benzene rings is 1. The van der Waals surface area contributed by atoms with E-state index in [9.17, 15) is 22.8 Å². The fraction of sp³-hybridized carbons (Fsp3) is 0.381. The molecule has 3 rings (SSSR count). The smallest absolute Gasteiger partial charge is 0.339 e. The highest BCUT2D eigenvalue weighted by molar-refractivity contribution is 7.92. The Hall–Kier alpha value is -3.14. The lowest BCUT2D eigenvalue weighted by molar-refractivity contribution is 0.0316. The third-order valence-corrected chi connectivity index (χ3v) is 6.47. The Balaban J connectivity index is 1.77. The second-order valence-corrected chi connectivity index (χ2v) is 9.36. The monoisotopic (exact) mass is 448 g/mol. The molecule has 1 aromatic carbocycles. The summed E-state index contributed by atoms with van der Waals surface area (Å²) < 4.78 is 35.1. The first-order valence-electron chi connectivity index (χ1n) is 9.59. The van der Waals surface area contributed by atoms with Crippen LogP contribution in [0.3, 0.4) is 0 Å². The Kier molecular flexibility index (Phi) is 5.95. The molecular weight excluding hydrogens is 424 g/mol.